The smallest absolute Gasteiger partial charge is 0.251 e. The van der Waals surface area contributed by atoms with Crippen molar-refractivity contribution in [1.29, 1.82) is 0 Å². The molecule has 0 heterocycles. The Hall–Kier alpha value is -1.35. The molecule has 0 bridgehead atoms. The lowest BCUT2D eigenvalue weighted by Crippen LogP contribution is -2.29. The Morgan fingerprint density at radius 1 is 1.33 bits per heavy atom. The van der Waals surface area contributed by atoms with E-state index in [1.54, 1.807) is 0 Å². The molecular weight excluding hydrogens is 226 g/mol. The number of aryl methyl sites for hydroxylation is 1. The van der Waals surface area contributed by atoms with Crippen molar-refractivity contribution in [2.75, 3.05) is 6.54 Å². The van der Waals surface area contributed by atoms with E-state index < -0.39 is 0 Å². The van der Waals surface area contributed by atoms with Crippen LogP contribution in [0.2, 0.25) is 0 Å². The maximum Gasteiger partial charge on any atom is 0.251 e. The molecule has 1 aromatic rings. The summed E-state index contributed by atoms with van der Waals surface area (Å²) in [7, 11) is 0. The number of carbonyl (C=O) groups excluding carboxylic acids is 1. The summed E-state index contributed by atoms with van der Waals surface area (Å²) in [6, 6.07) is 5.71. The van der Waals surface area contributed by atoms with E-state index in [1.165, 1.54) is 0 Å². The summed E-state index contributed by atoms with van der Waals surface area (Å²) in [5.41, 5.74) is 2.85. The van der Waals surface area contributed by atoms with Crippen LogP contribution in [-0.2, 0) is 0 Å². The van der Waals surface area contributed by atoms with Gasteiger partial charge in [-0.2, -0.15) is 0 Å². The molecule has 0 aliphatic rings. The molecule has 0 aliphatic carbocycles. The van der Waals surface area contributed by atoms with Gasteiger partial charge in [-0.05, 0) is 43.4 Å². The van der Waals surface area contributed by atoms with Crippen molar-refractivity contribution in [2.24, 2.45) is 5.92 Å². The minimum atomic E-state index is -0.357. The van der Waals surface area contributed by atoms with E-state index in [0.717, 1.165) is 11.1 Å². The van der Waals surface area contributed by atoms with Gasteiger partial charge in [0.15, 0.2) is 0 Å². The summed E-state index contributed by atoms with van der Waals surface area (Å²) < 4.78 is 0. The van der Waals surface area contributed by atoms with Crippen molar-refractivity contribution in [3.05, 3.63) is 34.9 Å². The van der Waals surface area contributed by atoms with E-state index >= 15 is 0 Å². The van der Waals surface area contributed by atoms with Crippen LogP contribution in [0, 0.1) is 19.8 Å². The first-order valence-corrected chi connectivity index (χ1v) is 6.46. The molecule has 18 heavy (non-hydrogen) atoms. The number of aliphatic hydroxyl groups excluding tert-OH is 1. The SMILES string of the molecule is Cc1cccc(C(=O)NCCC(O)C(C)C)c1C. The molecule has 0 radical (unpaired) electrons. The molecule has 100 valence electrons. The predicted octanol–water partition coefficient (Wildman–Crippen LogP) is 2.44. The second-order valence-electron chi connectivity index (χ2n) is 5.10. The number of rotatable bonds is 5. The molecule has 0 spiro atoms. The largest absolute Gasteiger partial charge is 0.393 e. The summed E-state index contributed by atoms with van der Waals surface area (Å²) >= 11 is 0. The normalized spacial score (nSPS) is 12.6. The number of nitrogens with one attached hydrogen (secondary N) is 1. The molecule has 0 aliphatic heterocycles. The van der Waals surface area contributed by atoms with E-state index in [1.807, 2.05) is 45.9 Å². The third-order valence-corrected chi connectivity index (χ3v) is 3.34. The highest BCUT2D eigenvalue weighted by Gasteiger charge is 2.12. The highest BCUT2D eigenvalue weighted by molar-refractivity contribution is 5.95. The van der Waals surface area contributed by atoms with E-state index in [0.29, 0.717) is 18.5 Å². The second kappa shape index (κ2) is 6.55. The summed E-state index contributed by atoms with van der Waals surface area (Å²) in [6.45, 7) is 8.39. The molecule has 2 N–H and O–H groups in total. The summed E-state index contributed by atoms with van der Waals surface area (Å²) in [5, 5.41) is 12.5. The molecule has 1 rings (SSSR count). The van der Waals surface area contributed by atoms with Crippen LogP contribution >= 0.6 is 0 Å². The van der Waals surface area contributed by atoms with Crippen LogP contribution in [0.3, 0.4) is 0 Å². The maximum atomic E-state index is 12.0. The molecule has 0 aromatic heterocycles. The number of hydrogen-bond acceptors (Lipinski definition) is 2. The fourth-order valence-corrected chi connectivity index (χ4v) is 1.76. The van der Waals surface area contributed by atoms with Crippen molar-refractivity contribution in [3.63, 3.8) is 0 Å². The Kier molecular flexibility index (Phi) is 5.35. The van der Waals surface area contributed by atoms with Gasteiger partial charge in [-0.25, -0.2) is 0 Å². The standard InChI is InChI=1S/C15H23NO2/c1-10(2)14(17)8-9-16-15(18)13-7-5-6-11(3)12(13)4/h5-7,10,14,17H,8-9H2,1-4H3,(H,16,18). The van der Waals surface area contributed by atoms with Crippen LogP contribution < -0.4 is 5.32 Å². The maximum absolute atomic E-state index is 12.0. The first-order valence-electron chi connectivity index (χ1n) is 6.46. The fourth-order valence-electron chi connectivity index (χ4n) is 1.76. The van der Waals surface area contributed by atoms with Crippen molar-refractivity contribution in [3.8, 4) is 0 Å². The topological polar surface area (TPSA) is 49.3 Å². The van der Waals surface area contributed by atoms with Gasteiger partial charge in [-0.1, -0.05) is 26.0 Å². The third-order valence-electron chi connectivity index (χ3n) is 3.34. The van der Waals surface area contributed by atoms with Crippen LogP contribution in [-0.4, -0.2) is 23.7 Å². The van der Waals surface area contributed by atoms with Gasteiger partial charge >= 0.3 is 0 Å². The molecule has 1 atom stereocenters. The highest BCUT2D eigenvalue weighted by Crippen LogP contribution is 2.12. The predicted molar refractivity (Wildman–Crippen MR) is 73.7 cm³/mol. The minimum absolute atomic E-state index is 0.0628. The summed E-state index contributed by atoms with van der Waals surface area (Å²) in [5.74, 6) is 0.162. The molecule has 1 amide bonds. The molecule has 3 nitrogen and oxygen atoms in total. The molecule has 0 fully saturated rings. The molecule has 1 aromatic carbocycles. The lowest BCUT2D eigenvalue weighted by atomic mass is 10.0. The average molecular weight is 249 g/mol. The third kappa shape index (κ3) is 3.84. The Balaban J connectivity index is 2.54. The van der Waals surface area contributed by atoms with Crippen molar-refractivity contribution in [2.45, 2.75) is 40.2 Å². The molecule has 3 heteroatoms. The number of hydrogen-bond donors (Lipinski definition) is 2. The Morgan fingerprint density at radius 2 is 2.00 bits per heavy atom. The van der Waals surface area contributed by atoms with Crippen LogP contribution in [0.1, 0.15) is 41.8 Å². The van der Waals surface area contributed by atoms with Crippen molar-refractivity contribution < 1.29 is 9.90 Å². The monoisotopic (exact) mass is 249 g/mol. The van der Waals surface area contributed by atoms with Gasteiger partial charge in [0.2, 0.25) is 0 Å². The van der Waals surface area contributed by atoms with Gasteiger partial charge in [0, 0.05) is 12.1 Å². The zero-order valence-corrected chi connectivity index (χ0v) is 11.7. The van der Waals surface area contributed by atoms with Crippen LogP contribution in [0.5, 0.6) is 0 Å². The number of amides is 1. The van der Waals surface area contributed by atoms with Crippen molar-refractivity contribution >= 4 is 5.91 Å². The van der Waals surface area contributed by atoms with Gasteiger partial charge in [0.05, 0.1) is 6.10 Å². The van der Waals surface area contributed by atoms with Gasteiger partial charge in [0.25, 0.3) is 5.91 Å². The van der Waals surface area contributed by atoms with Crippen molar-refractivity contribution in [1.82, 2.24) is 5.32 Å². The quantitative estimate of drug-likeness (QED) is 0.842. The van der Waals surface area contributed by atoms with Gasteiger partial charge in [-0.3, -0.25) is 4.79 Å². The first kappa shape index (κ1) is 14.7. The lowest BCUT2D eigenvalue weighted by Gasteiger charge is -2.15. The molecule has 0 saturated carbocycles. The Bertz CT molecular complexity index is 413. The van der Waals surface area contributed by atoms with Crippen LogP contribution in [0.15, 0.2) is 18.2 Å². The van der Waals surface area contributed by atoms with Crippen LogP contribution in [0.25, 0.3) is 0 Å². The Labute approximate surface area is 109 Å². The highest BCUT2D eigenvalue weighted by atomic mass is 16.3. The number of aliphatic hydroxyl groups is 1. The van der Waals surface area contributed by atoms with Crippen LogP contribution in [0.4, 0.5) is 0 Å². The first-order chi connectivity index (χ1) is 8.43. The average Bonchev–Trinajstić information content (AvgIpc) is 2.32. The van der Waals surface area contributed by atoms with E-state index in [-0.39, 0.29) is 17.9 Å². The van der Waals surface area contributed by atoms with Gasteiger partial charge in [-0.15, -0.1) is 0 Å². The molecule has 0 saturated heterocycles. The lowest BCUT2D eigenvalue weighted by molar-refractivity contribution is 0.0919. The zero-order valence-electron chi connectivity index (χ0n) is 11.7. The van der Waals surface area contributed by atoms with Gasteiger partial charge < -0.3 is 10.4 Å². The summed E-state index contributed by atoms with van der Waals surface area (Å²) in [4.78, 5) is 12.0. The van der Waals surface area contributed by atoms with E-state index in [2.05, 4.69) is 5.32 Å². The van der Waals surface area contributed by atoms with E-state index in [4.69, 9.17) is 0 Å². The fraction of sp³-hybridized carbons (Fsp3) is 0.533. The summed E-state index contributed by atoms with van der Waals surface area (Å²) in [6.07, 6.45) is 0.234. The van der Waals surface area contributed by atoms with E-state index in [9.17, 15) is 9.90 Å². The number of carbonyl (C=O) groups is 1. The number of benzene rings is 1. The Morgan fingerprint density at radius 3 is 2.61 bits per heavy atom. The second-order valence-corrected chi connectivity index (χ2v) is 5.10. The minimum Gasteiger partial charge on any atom is -0.393 e. The molecular formula is C15H23NO2. The molecule has 1 unspecified atom stereocenters. The van der Waals surface area contributed by atoms with Gasteiger partial charge in [0.1, 0.15) is 0 Å². The zero-order chi connectivity index (χ0) is 13.7.